The van der Waals surface area contributed by atoms with E-state index < -0.39 is 88.5 Å². The van der Waals surface area contributed by atoms with Gasteiger partial charge in [-0.25, -0.2) is 31.1 Å². The van der Waals surface area contributed by atoms with Crippen LogP contribution in [0.1, 0.15) is 50.2 Å². The average molecular weight is 658 g/mol. The van der Waals surface area contributed by atoms with E-state index in [9.17, 15) is 23.5 Å². The van der Waals surface area contributed by atoms with E-state index in [0.717, 1.165) is 0 Å². The fourth-order valence-electron chi connectivity index (χ4n) is 8.27. The quantitative estimate of drug-likeness (QED) is 0.269. The number of benzene rings is 2. The van der Waals surface area contributed by atoms with Gasteiger partial charge in [-0.05, 0) is 89.9 Å². The Bertz CT molecular complexity index is 1700. The number of nitrogens with one attached hydrogen (secondary N) is 1. The molecule has 2 saturated carbocycles. The number of hydrogen-bond donors (Lipinski definition) is 2. The van der Waals surface area contributed by atoms with Gasteiger partial charge in [-0.2, -0.15) is 0 Å². The lowest BCUT2D eigenvalue weighted by Gasteiger charge is -2.57. The van der Waals surface area contributed by atoms with Crippen molar-refractivity contribution in [1.82, 2.24) is 0 Å². The molecule has 2 fully saturated rings. The molecule has 4 aliphatic carbocycles. The molecule has 0 bridgehead atoms. The van der Waals surface area contributed by atoms with E-state index in [2.05, 4.69) is 17.2 Å². The van der Waals surface area contributed by atoms with Gasteiger partial charge in [0.2, 0.25) is 0 Å². The van der Waals surface area contributed by atoms with Crippen molar-refractivity contribution < 1.29 is 45.8 Å². The molecular weight excluding hydrogens is 624 g/mol. The Morgan fingerprint density at radius 1 is 1.02 bits per heavy atom. The summed E-state index contributed by atoms with van der Waals surface area (Å²) in [4.78, 5) is 24.1. The van der Waals surface area contributed by atoms with Crippen LogP contribution in [0.2, 0.25) is 0 Å². The zero-order valence-electron chi connectivity index (χ0n) is 25.6. The third-order valence-corrected chi connectivity index (χ3v) is 10.7. The topological polar surface area (TPSA) is 75.6 Å². The fraction of sp³-hybridized carbons (Fsp3) is 0.444. The number of allylic oxidation sites excluding steroid dienone is 4. The van der Waals surface area contributed by atoms with Gasteiger partial charge in [0.05, 0.1) is 5.60 Å². The van der Waals surface area contributed by atoms with Gasteiger partial charge in [-0.1, -0.05) is 37.8 Å². The number of ketones is 1. The molecule has 0 spiro atoms. The number of carbonyl (C=O) groups excluding carboxylic acids is 2. The average Bonchev–Trinajstić information content (AvgIpc) is 3.33. The van der Waals surface area contributed by atoms with Crippen LogP contribution in [0.4, 0.5) is 36.8 Å². The lowest BCUT2D eigenvalue weighted by Crippen LogP contribution is -2.61. The van der Waals surface area contributed by atoms with E-state index in [1.165, 1.54) is 55.5 Å². The van der Waals surface area contributed by atoms with Crippen molar-refractivity contribution in [2.75, 3.05) is 11.9 Å². The van der Waals surface area contributed by atoms with Gasteiger partial charge in [0, 0.05) is 28.5 Å². The van der Waals surface area contributed by atoms with Crippen LogP contribution < -0.4 is 5.32 Å². The number of rotatable bonds is 4. The maximum absolute atomic E-state index is 17.2. The van der Waals surface area contributed by atoms with Crippen molar-refractivity contribution in [3.63, 3.8) is 0 Å². The summed E-state index contributed by atoms with van der Waals surface area (Å²) in [6.07, 6.45) is -11.6. The molecule has 5 unspecified atom stereocenters. The van der Waals surface area contributed by atoms with Crippen LogP contribution in [-0.2, 0) is 9.53 Å². The summed E-state index contributed by atoms with van der Waals surface area (Å²) < 4.78 is 97.7. The first-order valence-electron chi connectivity index (χ1n) is 15.5. The minimum Gasteiger partial charge on any atom is -0.436 e. The highest BCUT2D eigenvalue weighted by Gasteiger charge is 2.70. The molecule has 0 saturated heterocycles. The Morgan fingerprint density at radius 3 is 2.36 bits per heavy atom. The predicted molar refractivity (Wildman–Crippen MR) is 162 cm³/mol. The van der Waals surface area contributed by atoms with E-state index in [4.69, 9.17) is 4.74 Å². The van der Waals surface area contributed by atoms with Crippen LogP contribution in [0.5, 0.6) is 0 Å². The van der Waals surface area contributed by atoms with Crippen LogP contribution in [0.3, 0.4) is 0 Å². The summed E-state index contributed by atoms with van der Waals surface area (Å²) >= 11 is 0. The molecule has 47 heavy (non-hydrogen) atoms. The second-order valence-corrected chi connectivity index (χ2v) is 12.9. The number of anilines is 1. The van der Waals surface area contributed by atoms with Crippen LogP contribution in [0.25, 0.3) is 0 Å². The Morgan fingerprint density at radius 2 is 1.70 bits per heavy atom. The minimum absolute atomic E-state index is 0.102. The Hall–Kier alpha value is -4.04. The molecule has 1 amide bonds. The molecule has 2 N–H and O–H groups in total. The molecule has 0 aliphatic heterocycles. The number of hydrogen-bond acceptors (Lipinski definition) is 4. The summed E-state index contributed by atoms with van der Waals surface area (Å²) in [5, 5.41) is 14.1. The molecule has 0 radical (unpaired) electrons. The number of alkyl halides is 5. The molecule has 11 heteroatoms. The molecule has 6 rings (SSSR count). The summed E-state index contributed by atoms with van der Waals surface area (Å²) in [6, 6.07) is 11.1. The highest BCUT2D eigenvalue weighted by molar-refractivity contribution is 5.98. The largest absolute Gasteiger partial charge is 0.436 e. The highest BCUT2D eigenvalue weighted by Crippen LogP contribution is 2.68. The molecule has 2 aromatic rings. The van der Waals surface area contributed by atoms with E-state index in [1.807, 2.05) is 0 Å². The number of aliphatic hydroxyl groups is 1. The maximum atomic E-state index is 17.2. The monoisotopic (exact) mass is 657 g/mol. The lowest BCUT2D eigenvalue weighted by molar-refractivity contribution is -0.143. The van der Waals surface area contributed by atoms with Crippen LogP contribution in [0.15, 0.2) is 71.3 Å². The molecule has 5 nitrogen and oxygen atoms in total. The van der Waals surface area contributed by atoms with Crippen molar-refractivity contribution in [3.05, 3.63) is 88.3 Å². The third kappa shape index (κ3) is 5.25. The molecule has 248 valence electrons. The first-order chi connectivity index (χ1) is 22.3. The number of amides is 1. The van der Waals surface area contributed by atoms with Crippen molar-refractivity contribution in [2.45, 2.75) is 75.5 Å². The van der Waals surface area contributed by atoms with Crippen LogP contribution in [0, 0.1) is 34.9 Å². The van der Waals surface area contributed by atoms with Crippen LogP contribution in [-0.4, -0.2) is 60.0 Å². The normalized spacial score (nSPS) is 35.9. The van der Waals surface area contributed by atoms with E-state index in [-0.39, 0.29) is 37.0 Å². The van der Waals surface area contributed by atoms with Crippen molar-refractivity contribution in [2.24, 2.45) is 17.3 Å². The molecular formula is C36H33F6NO4. The van der Waals surface area contributed by atoms with Crippen molar-refractivity contribution >= 4 is 17.6 Å². The Kier molecular flexibility index (Phi) is 8.54. The van der Waals surface area contributed by atoms with E-state index >= 15 is 17.6 Å². The van der Waals surface area contributed by atoms with Gasteiger partial charge in [0.25, 0.3) is 0 Å². The number of carbonyl (C=O) groups is 2. The molecule has 0 aromatic heterocycles. The SMILES string of the molecule is CC[C@]1(O)CC[C@H]2[C@H]3C(=C4C(=CC(=O)C(F)C4F)C(F)C3F)[C@@H](c3ccc(C#CCOC(=O)Nc4ccc(F)cc4)cc3)C(F)[C@@]21C. The van der Waals surface area contributed by atoms with E-state index in [0.29, 0.717) is 17.3 Å². The summed E-state index contributed by atoms with van der Waals surface area (Å²) in [7, 11) is 0. The van der Waals surface area contributed by atoms with Crippen molar-refractivity contribution in [1.29, 1.82) is 0 Å². The van der Waals surface area contributed by atoms with Gasteiger partial charge < -0.3 is 9.84 Å². The smallest absolute Gasteiger partial charge is 0.412 e. The third-order valence-electron chi connectivity index (χ3n) is 10.7. The first-order valence-corrected chi connectivity index (χ1v) is 15.5. The number of halogens is 6. The summed E-state index contributed by atoms with van der Waals surface area (Å²) in [5.74, 6) is 0.0683. The van der Waals surface area contributed by atoms with Gasteiger partial charge >= 0.3 is 6.09 Å². The minimum atomic E-state index is -2.63. The van der Waals surface area contributed by atoms with E-state index in [1.54, 1.807) is 6.92 Å². The summed E-state index contributed by atoms with van der Waals surface area (Å²) in [5.41, 5.74) is -3.27. The zero-order valence-corrected chi connectivity index (χ0v) is 25.6. The molecule has 2 aromatic carbocycles. The van der Waals surface area contributed by atoms with Gasteiger partial charge in [-0.3, -0.25) is 10.1 Å². The molecule has 10 atom stereocenters. The standard InChI is InChI=1S/C36H33F6NO4/c1-3-36(46)15-14-23-27-28(26-22(29(38)32(27)41)17-24(44)30(39)31(26)40)25(33(42)35(23,36)2)19-8-6-18(7-9-19)5-4-16-47-34(45)43-21-12-10-20(37)11-13-21/h6-13,17,23,25,27,29-33,46H,3,14-16H2,1-2H3,(H,43,45)/t23-,25+,27-,29?,30?,31?,32?,33?,35+,36-/m0/s1. The zero-order chi connectivity index (χ0) is 33.8. The van der Waals surface area contributed by atoms with Crippen molar-refractivity contribution in [3.8, 4) is 11.8 Å². The number of ether oxygens (including phenoxy) is 1. The maximum Gasteiger partial charge on any atom is 0.412 e. The Labute approximate surface area is 268 Å². The fourth-order valence-corrected chi connectivity index (χ4v) is 8.27. The predicted octanol–water partition coefficient (Wildman–Crippen LogP) is 7.21. The lowest BCUT2D eigenvalue weighted by atomic mass is 9.49. The first kappa shape index (κ1) is 32.9. The van der Waals surface area contributed by atoms with Gasteiger partial charge in [0.1, 0.15) is 18.2 Å². The highest BCUT2D eigenvalue weighted by atomic mass is 19.2. The van der Waals surface area contributed by atoms with Crippen LogP contribution >= 0.6 is 0 Å². The second-order valence-electron chi connectivity index (χ2n) is 12.9. The number of fused-ring (bicyclic) bond motifs is 4. The molecule has 0 heterocycles. The van der Waals surface area contributed by atoms with Gasteiger partial charge in [0.15, 0.2) is 30.9 Å². The van der Waals surface area contributed by atoms with Gasteiger partial charge in [-0.15, -0.1) is 0 Å². The summed E-state index contributed by atoms with van der Waals surface area (Å²) in [6.45, 7) is 2.92. The Balaban J connectivity index is 1.33. The molecule has 4 aliphatic rings. The second kappa shape index (κ2) is 12.2.